The van der Waals surface area contributed by atoms with E-state index in [0.717, 1.165) is 17.7 Å². The van der Waals surface area contributed by atoms with E-state index in [1.54, 1.807) is 0 Å². The minimum absolute atomic E-state index is 0.423. The smallest absolute Gasteiger partial charge is 0.105 e. The fourth-order valence-electron chi connectivity index (χ4n) is 4.21. The topological polar surface area (TPSA) is 15.6 Å². The average Bonchev–Trinajstić information content (AvgIpc) is 2.49. The van der Waals surface area contributed by atoms with Crippen LogP contribution in [0.2, 0.25) is 5.82 Å². The zero-order valence-corrected chi connectivity index (χ0v) is 14.9. The van der Waals surface area contributed by atoms with Crippen LogP contribution in [0, 0.1) is 11.8 Å². The first-order valence-electron chi connectivity index (χ1n) is 9.33. The van der Waals surface area contributed by atoms with Gasteiger partial charge < -0.3 is 4.90 Å². The number of hydrogen-bond acceptors (Lipinski definition) is 1. The van der Waals surface area contributed by atoms with Crippen LogP contribution in [0.4, 0.5) is 0 Å². The van der Waals surface area contributed by atoms with Crippen LogP contribution in [-0.4, -0.2) is 37.2 Å². The van der Waals surface area contributed by atoms with Crippen LogP contribution in [0.3, 0.4) is 0 Å². The summed E-state index contributed by atoms with van der Waals surface area (Å²) in [6.45, 7) is 10.3. The summed E-state index contributed by atoms with van der Waals surface area (Å²) in [5.41, 5.74) is 0. The van der Waals surface area contributed by atoms with Crippen LogP contribution >= 0.6 is 0 Å². The van der Waals surface area contributed by atoms with Gasteiger partial charge in [-0.1, -0.05) is 37.9 Å². The molecule has 1 saturated carbocycles. The third-order valence-corrected chi connectivity index (χ3v) is 5.44. The van der Waals surface area contributed by atoms with E-state index in [2.05, 4.69) is 40.4 Å². The Labute approximate surface area is 133 Å². The molecule has 3 heteroatoms. The SMILES string of the molecule is BC1CCCCC2/C(=N\C(C)C)N(C(C)C)CCC2CC1. The summed E-state index contributed by atoms with van der Waals surface area (Å²) in [5, 5.41) is 0. The second-order valence-electron chi connectivity index (χ2n) is 7.99. The molecule has 2 nitrogen and oxygen atoms in total. The van der Waals surface area contributed by atoms with Crippen LogP contribution in [0.1, 0.15) is 72.6 Å². The van der Waals surface area contributed by atoms with E-state index < -0.39 is 0 Å². The van der Waals surface area contributed by atoms with E-state index in [1.807, 2.05) is 0 Å². The third kappa shape index (κ3) is 4.50. The molecule has 0 aromatic carbocycles. The Balaban J connectivity index is 2.21. The molecule has 3 unspecified atom stereocenters. The number of fused-ring (bicyclic) bond motifs is 1. The largest absolute Gasteiger partial charge is 0.358 e. The van der Waals surface area contributed by atoms with Gasteiger partial charge in [0.05, 0.1) is 0 Å². The molecule has 3 atom stereocenters. The molecule has 0 aromatic rings. The van der Waals surface area contributed by atoms with Crippen LogP contribution < -0.4 is 0 Å². The highest BCUT2D eigenvalue weighted by molar-refractivity contribution is 6.11. The first-order valence-corrected chi connectivity index (χ1v) is 9.33. The molecule has 0 N–H and O–H groups in total. The number of amidine groups is 1. The molecular formula is C18H35BN2. The van der Waals surface area contributed by atoms with Crippen molar-refractivity contribution in [1.29, 1.82) is 0 Å². The van der Waals surface area contributed by atoms with Gasteiger partial charge in [0.2, 0.25) is 0 Å². The molecule has 2 fully saturated rings. The van der Waals surface area contributed by atoms with Gasteiger partial charge in [-0.15, -0.1) is 0 Å². The molecule has 0 radical (unpaired) electrons. The van der Waals surface area contributed by atoms with Crippen LogP contribution in [-0.2, 0) is 0 Å². The number of nitrogens with zero attached hydrogens (tertiary/aromatic N) is 2. The van der Waals surface area contributed by atoms with Gasteiger partial charge in [-0.05, 0) is 46.5 Å². The van der Waals surface area contributed by atoms with Crippen molar-refractivity contribution < 1.29 is 0 Å². The molecule has 1 aliphatic heterocycles. The van der Waals surface area contributed by atoms with Crippen LogP contribution in [0.15, 0.2) is 4.99 Å². The van der Waals surface area contributed by atoms with Crippen molar-refractivity contribution in [3.8, 4) is 0 Å². The average molecular weight is 290 g/mol. The van der Waals surface area contributed by atoms with E-state index in [0.29, 0.717) is 12.1 Å². The van der Waals surface area contributed by atoms with Gasteiger partial charge in [0.25, 0.3) is 0 Å². The number of piperidine rings is 1. The van der Waals surface area contributed by atoms with Gasteiger partial charge in [-0.2, -0.15) is 0 Å². The summed E-state index contributed by atoms with van der Waals surface area (Å²) < 4.78 is 0. The number of aliphatic imine (C=N–C) groups is 1. The van der Waals surface area contributed by atoms with E-state index in [1.165, 1.54) is 57.3 Å². The number of likely N-dealkylation sites (tertiary alicyclic amines) is 1. The van der Waals surface area contributed by atoms with E-state index in [4.69, 9.17) is 4.99 Å². The maximum absolute atomic E-state index is 5.09. The predicted octanol–water partition coefficient (Wildman–Crippen LogP) is 3.92. The van der Waals surface area contributed by atoms with Crippen LogP contribution in [0.5, 0.6) is 0 Å². The van der Waals surface area contributed by atoms with Gasteiger partial charge in [0, 0.05) is 24.5 Å². The monoisotopic (exact) mass is 290 g/mol. The first-order chi connectivity index (χ1) is 9.99. The first kappa shape index (κ1) is 16.9. The van der Waals surface area contributed by atoms with E-state index in [-0.39, 0.29) is 0 Å². The fraction of sp³-hybridized carbons (Fsp3) is 0.944. The lowest BCUT2D eigenvalue weighted by Crippen LogP contribution is -2.49. The molecule has 0 bridgehead atoms. The second-order valence-corrected chi connectivity index (χ2v) is 7.99. The van der Waals surface area contributed by atoms with Crippen molar-refractivity contribution in [2.45, 2.75) is 90.5 Å². The summed E-state index contributed by atoms with van der Waals surface area (Å²) in [7, 11) is 2.45. The molecule has 1 saturated heterocycles. The fourth-order valence-corrected chi connectivity index (χ4v) is 4.21. The van der Waals surface area contributed by atoms with Crippen molar-refractivity contribution in [3.05, 3.63) is 0 Å². The summed E-state index contributed by atoms with van der Waals surface area (Å²) in [6.07, 6.45) is 9.85. The van der Waals surface area contributed by atoms with Crippen molar-refractivity contribution in [3.63, 3.8) is 0 Å². The molecule has 0 amide bonds. The second kappa shape index (κ2) is 7.69. The minimum Gasteiger partial charge on any atom is -0.358 e. The zero-order valence-electron chi connectivity index (χ0n) is 14.9. The Kier molecular flexibility index (Phi) is 6.19. The quantitative estimate of drug-likeness (QED) is 0.704. The molecular weight excluding hydrogens is 255 g/mol. The maximum Gasteiger partial charge on any atom is 0.105 e. The van der Waals surface area contributed by atoms with E-state index in [9.17, 15) is 0 Å². The Morgan fingerprint density at radius 1 is 1.00 bits per heavy atom. The zero-order chi connectivity index (χ0) is 15.4. The van der Waals surface area contributed by atoms with Crippen molar-refractivity contribution in [1.82, 2.24) is 4.90 Å². The van der Waals surface area contributed by atoms with Gasteiger partial charge in [-0.25, -0.2) is 0 Å². The maximum atomic E-state index is 5.09. The standard InChI is InChI=1S/C18H35BN2/c1-13(2)20-18-17-8-6-5-7-16(19)10-9-15(17)11-12-21(18)14(3)4/h13-17H,5-12,19H2,1-4H3/b20-18+. The highest BCUT2D eigenvalue weighted by Crippen LogP contribution is 2.37. The molecule has 0 aromatic heterocycles. The summed E-state index contributed by atoms with van der Waals surface area (Å²) in [5.74, 6) is 4.00. The molecule has 21 heavy (non-hydrogen) atoms. The lowest BCUT2D eigenvalue weighted by atomic mass is 9.75. The number of rotatable bonds is 2. The Bertz CT molecular complexity index is 351. The molecule has 2 aliphatic rings. The molecule has 0 spiro atoms. The normalized spacial score (nSPS) is 33.7. The Morgan fingerprint density at radius 2 is 1.71 bits per heavy atom. The third-order valence-electron chi connectivity index (χ3n) is 5.44. The van der Waals surface area contributed by atoms with Crippen LogP contribution in [0.25, 0.3) is 0 Å². The molecule has 1 heterocycles. The Hall–Kier alpha value is -0.465. The predicted molar refractivity (Wildman–Crippen MR) is 96.0 cm³/mol. The lowest BCUT2D eigenvalue weighted by Gasteiger charge is -2.43. The molecule has 2 rings (SSSR count). The van der Waals surface area contributed by atoms with Gasteiger partial charge in [0.15, 0.2) is 0 Å². The van der Waals surface area contributed by atoms with Crippen molar-refractivity contribution in [2.75, 3.05) is 6.54 Å². The molecule has 1 aliphatic carbocycles. The van der Waals surface area contributed by atoms with E-state index >= 15 is 0 Å². The summed E-state index contributed by atoms with van der Waals surface area (Å²) in [6, 6.07) is 1.02. The Morgan fingerprint density at radius 3 is 2.38 bits per heavy atom. The van der Waals surface area contributed by atoms with Gasteiger partial charge in [-0.3, -0.25) is 4.99 Å². The van der Waals surface area contributed by atoms with Crippen molar-refractivity contribution in [2.24, 2.45) is 16.8 Å². The lowest BCUT2D eigenvalue weighted by molar-refractivity contribution is 0.207. The van der Waals surface area contributed by atoms with Gasteiger partial charge in [0.1, 0.15) is 13.7 Å². The van der Waals surface area contributed by atoms with Crippen molar-refractivity contribution >= 4 is 13.7 Å². The highest BCUT2D eigenvalue weighted by atomic mass is 15.2. The summed E-state index contributed by atoms with van der Waals surface area (Å²) in [4.78, 5) is 7.69. The van der Waals surface area contributed by atoms with Gasteiger partial charge >= 0.3 is 0 Å². The molecule has 120 valence electrons. The highest BCUT2D eigenvalue weighted by Gasteiger charge is 2.35. The summed E-state index contributed by atoms with van der Waals surface area (Å²) >= 11 is 0. The number of hydrogen-bond donors (Lipinski definition) is 0. The minimum atomic E-state index is 0.423.